The first-order valence-corrected chi connectivity index (χ1v) is 29.2. The Morgan fingerprint density at radius 2 is 0.508 bits per heavy atom. The Hall–Kier alpha value is -1.85. The number of esters is 3. The van der Waals surface area contributed by atoms with Gasteiger partial charge in [0.25, 0.3) is 0 Å². The minimum absolute atomic E-state index is 0.0659. The third-order valence-electron chi connectivity index (χ3n) is 13.3. The number of carbonyl (C=O) groups is 3. The summed E-state index contributed by atoms with van der Waals surface area (Å²) in [5.74, 6) is -0.849. The van der Waals surface area contributed by atoms with Crippen molar-refractivity contribution in [2.45, 2.75) is 335 Å². The third kappa shape index (κ3) is 53.0. The van der Waals surface area contributed by atoms with Crippen molar-refractivity contribution in [2.24, 2.45) is 0 Å². The van der Waals surface area contributed by atoms with Crippen LogP contribution in [0.1, 0.15) is 329 Å². The van der Waals surface area contributed by atoms with Gasteiger partial charge in [0.1, 0.15) is 13.2 Å². The molecule has 0 aromatic rings. The molecule has 0 aliphatic rings. The van der Waals surface area contributed by atoms with Crippen LogP contribution in [0.3, 0.4) is 0 Å². The van der Waals surface area contributed by atoms with Gasteiger partial charge in [-0.15, -0.1) is 0 Å². The normalized spacial score (nSPS) is 12.0. The molecule has 0 spiro atoms. The van der Waals surface area contributed by atoms with Crippen LogP contribution < -0.4 is 0 Å². The largest absolute Gasteiger partial charge is 0.462 e. The summed E-state index contributed by atoms with van der Waals surface area (Å²) in [6, 6.07) is 0. The lowest BCUT2D eigenvalue weighted by Gasteiger charge is -2.18. The van der Waals surface area contributed by atoms with E-state index in [0.29, 0.717) is 19.3 Å². The van der Waals surface area contributed by atoms with Crippen LogP contribution in [0.5, 0.6) is 0 Å². The molecule has 0 aromatic carbocycles. The van der Waals surface area contributed by atoms with Gasteiger partial charge in [-0.1, -0.05) is 277 Å². The molecule has 0 saturated heterocycles. The summed E-state index contributed by atoms with van der Waals surface area (Å²) >= 11 is 0. The molecule has 65 heavy (non-hydrogen) atoms. The number of hydrogen-bond donors (Lipinski definition) is 0. The van der Waals surface area contributed by atoms with E-state index < -0.39 is 6.10 Å². The fraction of sp³-hybridized carbons (Fsp3) is 0.915. The monoisotopic (exact) mass is 917 g/mol. The minimum Gasteiger partial charge on any atom is -0.462 e. The Morgan fingerprint density at radius 3 is 0.769 bits per heavy atom. The smallest absolute Gasteiger partial charge is 0.306 e. The van der Waals surface area contributed by atoms with E-state index in [4.69, 9.17) is 14.2 Å². The Kier molecular flexibility index (Phi) is 53.2. The maximum Gasteiger partial charge on any atom is 0.306 e. The molecule has 0 radical (unpaired) electrons. The molecule has 1 atom stereocenters. The molecular formula is C59H112O6. The second-order valence-electron chi connectivity index (χ2n) is 19.9. The predicted molar refractivity (Wildman–Crippen MR) is 280 cm³/mol. The average molecular weight is 918 g/mol. The van der Waals surface area contributed by atoms with Crippen molar-refractivity contribution in [2.75, 3.05) is 13.2 Å². The summed E-state index contributed by atoms with van der Waals surface area (Å²) in [5.41, 5.74) is 0. The van der Waals surface area contributed by atoms with Gasteiger partial charge in [0.15, 0.2) is 6.10 Å². The highest BCUT2D eigenvalue weighted by Crippen LogP contribution is 2.17. The standard InChI is InChI=1S/C59H112O6/c1-4-7-10-13-16-19-22-24-26-28-29-30-32-33-35-37-40-43-46-49-52-58(61)64-55-56(54-63-57(60)51-48-45-42-39-21-18-15-12-9-6-3)65-59(62)53-50-47-44-41-38-36-34-31-27-25-23-20-17-14-11-8-5-2/h25,27,56H,4-24,26,28-55H2,1-3H3/b27-25-. The van der Waals surface area contributed by atoms with E-state index in [1.165, 1.54) is 231 Å². The average Bonchev–Trinajstić information content (AvgIpc) is 3.30. The molecule has 0 fully saturated rings. The van der Waals surface area contributed by atoms with Crippen molar-refractivity contribution in [1.29, 1.82) is 0 Å². The fourth-order valence-electron chi connectivity index (χ4n) is 8.85. The van der Waals surface area contributed by atoms with Crippen molar-refractivity contribution in [3.05, 3.63) is 12.2 Å². The van der Waals surface area contributed by atoms with Crippen molar-refractivity contribution >= 4 is 17.9 Å². The van der Waals surface area contributed by atoms with Crippen molar-refractivity contribution < 1.29 is 28.6 Å². The number of ether oxygens (including phenoxy) is 3. The lowest BCUT2D eigenvalue weighted by Crippen LogP contribution is -2.30. The minimum atomic E-state index is -0.766. The van der Waals surface area contributed by atoms with Crippen LogP contribution in [0.25, 0.3) is 0 Å². The highest BCUT2D eigenvalue weighted by atomic mass is 16.6. The van der Waals surface area contributed by atoms with Crippen LogP contribution in [0, 0.1) is 0 Å². The van der Waals surface area contributed by atoms with Crippen LogP contribution >= 0.6 is 0 Å². The molecule has 0 bridgehead atoms. The second-order valence-corrected chi connectivity index (χ2v) is 19.9. The van der Waals surface area contributed by atoms with Gasteiger partial charge in [-0.05, 0) is 44.9 Å². The quantitative estimate of drug-likeness (QED) is 0.0262. The van der Waals surface area contributed by atoms with Crippen molar-refractivity contribution in [3.8, 4) is 0 Å². The zero-order chi connectivity index (χ0) is 47.2. The number of rotatable bonds is 54. The maximum atomic E-state index is 12.8. The fourth-order valence-corrected chi connectivity index (χ4v) is 8.85. The van der Waals surface area contributed by atoms with E-state index in [0.717, 1.165) is 57.8 Å². The Morgan fingerprint density at radius 1 is 0.292 bits per heavy atom. The van der Waals surface area contributed by atoms with Gasteiger partial charge in [0.05, 0.1) is 0 Å². The Bertz CT molecular complexity index is 1010. The van der Waals surface area contributed by atoms with Gasteiger partial charge in [-0.2, -0.15) is 0 Å². The van der Waals surface area contributed by atoms with E-state index >= 15 is 0 Å². The van der Waals surface area contributed by atoms with E-state index in [1.54, 1.807) is 0 Å². The Labute approximate surface area is 405 Å². The van der Waals surface area contributed by atoms with E-state index in [9.17, 15) is 14.4 Å². The molecule has 0 saturated carbocycles. The van der Waals surface area contributed by atoms with Gasteiger partial charge in [0, 0.05) is 19.3 Å². The van der Waals surface area contributed by atoms with E-state index in [1.807, 2.05) is 0 Å². The molecule has 0 rings (SSSR count). The topological polar surface area (TPSA) is 78.9 Å². The summed E-state index contributed by atoms with van der Waals surface area (Å²) in [6.07, 6.45) is 62.1. The number of hydrogen-bond acceptors (Lipinski definition) is 6. The van der Waals surface area contributed by atoms with E-state index in [-0.39, 0.29) is 31.1 Å². The van der Waals surface area contributed by atoms with Crippen LogP contribution in [0.15, 0.2) is 12.2 Å². The first-order chi connectivity index (χ1) is 32.0. The summed E-state index contributed by atoms with van der Waals surface area (Å²) in [6.45, 7) is 6.68. The van der Waals surface area contributed by atoms with Gasteiger partial charge in [0.2, 0.25) is 0 Å². The first-order valence-electron chi connectivity index (χ1n) is 29.2. The predicted octanol–water partition coefficient (Wildman–Crippen LogP) is 19.3. The number of carbonyl (C=O) groups excluding carboxylic acids is 3. The van der Waals surface area contributed by atoms with Gasteiger partial charge < -0.3 is 14.2 Å². The lowest BCUT2D eigenvalue weighted by atomic mass is 10.0. The lowest BCUT2D eigenvalue weighted by molar-refractivity contribution is -0.167. The number of unbranched alkanes of at least 4 members (excludes halogenated alkanes) is 41. The molecule has 0 amide bonds. The van der Waals surface area contributed by atoms with Gasteiger partial charge >= 0.3 is 17.9 Å². The summed E-state index contributed by atoms with van der Waals surface area (Å²) < 4.78 is 16.9. The van der Waals surface area contributed by atoms with Crippen LogP contribution in [0.4, 0.5) is 0 Å². The molecule has 6 nitrogen and oxygen atoms in total. The SMILES string of the molecule is CCCCCCCC/C=C\CCCCCCCCCC(=O)OC(COC(=O)CCCCCCCCCCCC)COC(=O)CCCCCCCCCCCCCCCCCCCCCC. The zero-order valence-corrected chi connectivity index (χ0v) is 44.0. The summed E-state index contributed by atoms with van der Waals surface area (Å²) in [5, 5.41) is 0. The molecule has 1 unspecified atom stereocenters. The molecule has 0 N–H and O–H groups in total. The van der Waals surface area contributed by atoms with Crippen LogP contribution in [-0.2, 0) is 28.6 Å². The summed E-state index contributed by atoms with van der Waals surface area (Å²) in [4.78, 5) is 38.1. The van der Waals surface area contributed by atoms with Gasteiger partial charge in [-0.3, -0.25) is 14.4 Å². The molecule has 0 aliphatic carbocycles. The van der Waals surface area contributed by atoms with Crippen LogP contribution in [-0.4, -0.2) is 37.2 Å². The first kappa shape index (κ1) is 63.1. The van der Waals surface area contributed by atoms with Crippen molar-refractivity contribution in [1.82, 2.24) is 0 Å². The Balaban J connectivity index is 4.23. The second kappa shape index (κ2) is 54.8. The van der Waals surface area contributed by atoms with Gasteiger partial charge in [-0.25, -0.2) is 0 Å². The van der Waals surface area contributed by atoms with E-state index in [2.05, 4.69) is 32.9 Å². The molecule has 0 aliphatic heterocycles. The van der Waals surface area contributed by atoms with Crippen LogP contribution in [0.2, 0.25) is 0 Å². The summed E-state index contributed by atoms with van der Waals surface area (Å²) in [7, 11) is 0. The molecule has 6 heteroatoms. The third-order valence-corrected chi connectivity index (χ3v) is 13.3. The maximum absolute atomic E-state index is 12.8. The highest BCUT2D eigenvalue weighted by molar-refractivity contribution is 5.71. The zero-order valence-electron chi connectivity index (χ0n) is 44.0. The molecule has 0 heterocycles. The number of allylic oxidation sites excluding steroid dienone is 2. The van der Waals surface area contributed by atoms with Crippen molar-refractivity contribution in [3.63, 3.8) is 0 Å². The molecule has 0 aromatic heterocycles. The highest BCUT2D eigenvalue weighted by Gasteiger charge is 2.19. The molecular weight excluding hydrogens is 805 g/mol. The molecule has 384 valence electrons.